The number of nitrogens with one attached hydrogen (secondary N) is 1. The van der Waals surface area contributed by atoms with Gasteiger partial charge >= 0.3 is 0 Å². The molecule has 1 heterocycles. The van der Waals surface area contributed by atoms with Crippen molar-refractivity contribution in [1.29, 1.82) is 0 Å². The smallest absolute Gasteiger partial charge is 0.239 e. The summed E-state index contributed by atoms with van der Waals surface area (Å²) in [4.78, 5) is 14.3. The topological polar surface area (TPSA) is 76.8 Å². The largest absolute Gasteiger partial charge is 0.497 e. The highest BCUT2D eigenvalue weighted by molar-refractivity contribution is 5.86. The van der Waals surface area contributed by atoms with Crippen LogP contribution in [0.2, 0.25) is 0 Å². The van der Waals surface area contributed by atoms with Gasteiger partial charge in [-0.15, -0.1) is 24.8 Å². The first-order chi connectivity index (χ1) is 10.8. The van der Waals surface area contributed by atoms with Gasteiger partial charge in [-0.3, -0.25) is 9.69 Å². The van der Waals surface area contributed by atoms with E-state index in [0.717, 1.165) is 43.1 Å². The number of methoxy groups -OCH3 is 2. The summed E-state index contributed by atoms with van der Waals surface area (Å²) in [5.74, 6) is 1.47. The molecular formula is C17H29Cl2N3O3. The molecule has 1 aromatic rings. The molecule has 1 atom stereocenters. The lowest BCUT2D eigenvalue weighted by Crippen LogP contribution is -2.52. The quantitative estimate of drug-likeness (QED) is 0.772. The molecule has 0 aromatic heterocycles. The van der Waals surface area contributed by atoms with Crippen LogP contribution in [0, 0.1) is 0 Å². The van der Waals surface area contributed by atoms with Crippen LogP contribution < -0.4 is 20.5 Å². The maximum Gasteiger partial charge on any atom is 0.239 e. The van der Waals surface area contributed by atoms with Gasteiger partial charge in [0.2, 0.25) is 5.91 Å². The fourth-order valence-corrected chi connectivity index (χ4v) is 2.68. The molecule has 1 amide bonds. The SMILES string of the molecule is COc1cc(CN2CCC(NC(=O)C(C)(C)N)C2)cc(OC)c1.Cl.Cl. The molecule has 1 fully saturated rings. The van der Waals surface area contributed by atoms with Crippen molar-refractivity contribution < 1.29 is 14.3 Å². The molecule has 1 aliphatic rings. The molecular weight excluding hydrogens is 365 g/mol. The lowest BCUT2D eigenvalue weighted by Gasteiger charge is -2.22. The first-order valence-electron chi connectivity index (χ1n) is 7.86. The Hall–Kier alpha value is -1.21. The van der Waals surface area contributed by atoms with Crippen LogP contribution in [0.25, 0.3) is 0 Å². The molecule has 0 spiro atoms. The molecule has 25 heavy (non-hydrogen) atoms. The van der Waals surface area contributed by atoms with Crippen molar-refractivity contribution in [2.75, 3.05) is 27.3 Å². The fourth-order valence-electron chi connectivity index (χ4n) is 2.68. The summed E-state index contributed by atoms with van der Waals surface area (Å²) in [7, 11) is 3.29. The van der Waals surface area contributed by atoms with Gasteiger partial charge in [-0.1, -0.05) is 0 Å². The predicted octanol–water partition coefficient (Wildman–Crippen LogP) is 1.98. The Labute approximate surface area is 162 Å². The molecule has 0 saturated carbocycles. The van der Waals surface area contributed by atoms with Crippen molar-refractivity contribution in [3.63, 3.8) is 0 Å². The van der Waals surface area contributed by atoms with Crippen molar-refractivity contribution in [2.45, 2.75) is 38.4 Å². The monoisotopic (exact) mass is 393 g/mol. The van der Waals surface area contributed by atoms with Crippen molar-refractivity contribution in [3.05, 3.63) is 23.8 Å². The lowest BCUT2D eigenvalue weighted by atomic mass is 10.1. The molecule has 1 aliphatic heterocycles. The molecule has 3 N–H and O–H groups in total. The lowest BCUT2D eigenvalue weighted by molar-refractivity contribution is -0.125. The zero-order valence-electron chi connectivity index (χ0n) is 15.2. The van der Waals surface area contributed by atoms with Crippen LogP contribution in [-0.2, 0) is 11.3 Å². The van der Waals surface area contributed by atoms with Crippen molar-refractivity contribution in [2.24, 2.45) is 5.73 Å². The fraction of sp³-hybridized carbons (Fsp3) is 0.588. The van der Waals surface area contributed by atoms with Gasteiger partial charge in [0.05, 0.1) is 19.8 Å². The van der Waals surface area contributed by atoms with E-state index in [0.29, 0.717) is 0 Å². The van der Waals surface area contributed by atoms with Crippen LogP contribution in [0.1, 0.15) is 25.8 Å². The van der Waals surface area contributed by atoms with Gasteiger partial charge in [-0.25, -0.2) is 0 Å². The number of ether oxygens (including phenoxy) is 2. The third kappa shape index (κ3) is 6.90. The van der Waals surface area contributed by atoms with Crippen LogP contribution in [0.15, 0.2) is 18.2 Å². The van der Waals surface area contributed by atoms with Crippen LogP contribution >= 0.6 is 24.8 Å². The van der Waals surface area contributed by atoms with Crippen LogP contribution in [0.5, 0.6) is 11.5 Å². The van der Waals surface area contributed by atoms with Gasteiger partial charge < -0.3 is 20.5 Å². The molecule has 144 valence electrons. The Kier molecular flexibility index (Phi) is 9.58. The molecule has 0 aliphatic carbocycles. The second-order valence-corrected chi connectivity index (χ2v) is 6.64. The van der Waals surface area contributed by atoms with Gasteiger partial charge in [-0.2, -0.15) is 0 Å². The average molecular weight is 394 g/mol. The Balaban J connectivity index is 0.00000288. The third-order valence-electron chi connectivity index (χ3n) is 4.01. The second-order valence-electron chi connectivity index (χ2n) is 6.64. The maximum absolute atomic E-state index is 12.0. The predicted molar refractivity (Wildman–Crippen MR) is 104 cm³/mol. The van der Waals surface area contributed by atoms with E-state index in [9.17, 15) is 4.79 Å². The number of likely N-dealkylation sites (tertiary alicyclic amines) is 1. The molecule has 0 radical (unpaired) electrons. The molecule has 0 bridgehead atoms. The first kappa shape index (κ1) is 23.8. The van der Waals surface area contributed by atoms with Gasteiger partial charge in [0.25, 0.3) is 0 Å². The molecule has 6 nitrogen and oxygen atoms in total. The number of nitrogens with two attached hydrogens (primary N) is 1. The average Bonchev–Trinajstić information content (AvgIpc) is 2.92. The summed E-state index contributed by atoms with van der Waals surface area (Å²) >= 11 is 0. The highest BCUT2D eigenvalue weighted by Gasteiger charge is 2.28. The zero-order valence-corrected chi connectivity index (χ0v) is 16.8. The molecule has 1 aromatic carbocycles. The highest BCUT2D eigenvalue weighted by atomic mass is 35.5. The summed E-state index contributed by atoms with van der Waals surface area (Å²) in [6.07, 6.45) is 0.933. The number of rotatable bonds is 6. The Bertz CT molecular complexity index is 542. The zero-order chi connectivity index (χ0) is 17.0. The van der Waals surface area contributed by atoms with E-state index in [1.165, 1.54) is 0 Å². The van der Waals surface area contributed by atoms with Crippen LogP contribution in [-0.4, -0.2) is 49.7 Å². The summed E-state index contributed by atoms with van der Waals surface area (Å²) in [5, 5.41) is 3.02. The summed E-state index contributed by atoms with van der Waals surface area (Å²) in [5.41, 5.74) is 6.12. The van der Waals surface area contributed by atoms with E-state index >= 15 is 0 Å². The number of benzene rings is 1. The number of carbonyl (C=O) groups is 1. The number of nitrogens with zero attached hydrogens (tertiary/aromatic N) is 1. The van der Waals surface area contributed by atoms with Gasteiger partial charge in [0.15, 0.2) is 0 Å². The van der Waals surface area contributed by atoms with Gasteiger partial charge in [-0.05, 0) is 38.0 Å². The summed E-state index contributed by atoms with van der Waals surface area (Å²) in [6.45, 7) is 6.00. The first-order valence-corrected chi connectivity index (χ1v) is 7.86. The van der Waals surface area contributed by atoms with E-state index in [4.69, 9.17) is 15.2 Å². The van der Waals surface area contributed by atoms with Gasteiger partial charge in [0, 0.05) is 31.7 Å². The van der Waals surface area contributed by atoms with Crippen LogP contribution in [0.4, 0.5) is 0 Å². The number of carbonyl (C=O) groups excluding carboxylic acids is 1. The minimum absolute atomic E-state index is 0. The third-order valence-corrected chi connectivity index (χ3v) is 4.01. The Morgan fingerprint density at radius 3 is 2.28 bits per heavy atom. The normalized spacial score (nSPS) is 17.2. The minimum Gasteiger partial charge on any atom is -0.497 e. The van der Waals surface area contributed by atoms with Crippen LogP contribution in [0.3, 0.4) is 0 Å². The van der Waals surface area contributed by atoms with E-state index in [1.54, 1.807) is 28.1 Å². The van der Waals surface area contributed by atoms with E-state index in [-0.39, 0.29) is 36.8 Å². The molecule has 2 rings (SSSR count). The van der Waals surface area contributed by atoms with Gasteiger partial charge in [0.1, 0.15) is 11.5 Å². The maximum atomic E-state index is 12.0. The number of hydrogen-bond acceptors (Lipinski definition) is 5. The highest BCUT2D eigenvalue weighted by Crippen LogP contribution is 2.24. The van der Waals surface area contributed by atoms with E-state index < -0.39 is 5.54 Å². The summed E-state index contributed by atoms with van der Waals surface area (Å²) < 4.78 is 10.6. The number of hydrogen-bond donors (Lipinski definition) is 2. The molecule has 8 heteroatoms. The van der Waals surface area contributed by atoms with E-state index in [1.807, 2.05) is 18.2 Å². The number of halogens is 2. The molecule has 1 unspecified atom stereocenters. The second kappa shape index (κ2) is 10.1. The molecule has 1 saturated heterocycles. The Morgan fingerprint density at radius 1 is 1.24 bits per heavy atom. The van der Waals surface area contributed by atoms with Crippen molar-refractivity contribution in [1.82, 2.24) is 10.2 Å². The summed E-state index contributed by atoms with van der Waals surface area (Å²) in [6, 6.07) is 6.03. The van der Waals surface area contributed by atoms with Crippen molar-refractivity contribution in [3.8, 4) is 11.5 Å². The van der Waals surface area contributed by atoms with E-state index in [2.05, 4.69) is 10.2 Å². The standard InChI is InChI=1S/C17H27N3O3.2ClH/c1-17(2,18)16(21)19-13-5-6-20(11-13)10-12-7-14(22-3)9-15(8-12)23-4;;/h7-9,13H,5-6,10-11,18H2,1-4H3,(H,19,21);2*1H. The Morgan fingerprint density at radius 2 is 1.80 bits per heavy atom. The number of amides is 1. The minimum atomic E-state index is -0.840. The van der Waals surface area contributed by atoms with Crippen molar-refractivity contribution >= 4 is 30.7 Å².